The normalized spacial score (nSPS) is 23.1. The first-order valence-electron chi connectivity index (χ1n) is 8.94. The molecule has 2 saturated heterocycles. The van der Waals surface area contributed by atoms with E-state index in [1.807, 2.05) is 0 Å². The lowest BCUT2D eigenvalue weighted by molar-refractivity contribution is 0.328. The predicted octanol–water partition coefficient (Wildman–Crippen LogP) is 1.29. The Balaban J connectivity index is 0.000000211. The molecule has 0 atom stereocenters. The van der Waals surface area contributed by atoms with Gasteiger partial charge in [0.05, 0.1) is 0 Å². The SMILES string of the molecule is CC(C)C1CNCCCNC1.CC(C)C1CNCCNC1. The van der Waals surface area contributed by atoms with Crippen molar-refractivity contribution >= 4 is 0 Å². The lowest BCUT2D eigenvalue weighted by Crippen LogP contribution is -2.38. The van der Waals surface area contributed by atoms with Crippen LogP contribution in [0.1, 0.15) is 34.1 Å². The predicted molar refractivity (Wildman–Crippen MR) is 92.8 cm³/mol. The van der Waals surface area contributed by atoms with Crippen molar-refractivity contribution in [2.75, 3.05) is 52.4 Å². The summed E-state index contributed by atoms with van der Waals surface area (Å²) < 4.78 is 0. The van der Waals surface area contributed by atoms with E-state index < -0.39 is 0 Å². The fraction of sp³-hybridized carbons (Fsp3) is 1.00. The summed E-state index contributed by atoms with van der Waals surface area (Å²) in [5.74, 6) is 3.24. The monoisotopic (exact) mass is 298 g/mol. The van der Waals surface area contributed by atoms with Crippen LogP contribution in [0.4, 0.5) is 0 Å². The standard InChI is InChI=1S/C9H20N2.C8H18N2/c1-8(2)9-6-10-4-3-5-11-7-9;1-7(2)8-5-9-3-4-10-6-8/h8-11H,3-7H2,1-2H3;7-10H,3-6H2,1-2H3. The Morgan fingerprint density at radius 1 is 0.571 bits per heavy atom. The van der Waals surface area contributed by atoms with Crippen molar-refractivity contribution in [1.29, 1.82) is 0 Å². The van der Waals surface area contributed by atoms with Crippen molar-refractivity contribution in [3.05, 3.63) is 0 Å². The van der Waals surface area contributed by atoms with E-state index in [1.54, 1.807) is 0 Å². The van der Waals surface area contributed by atoms with Crippen LogP contribution in [0.25, 0.3) is 0 Å². The molecule has 0 unspecified atom stereocenters. The van der Waals surface area contributed by atoms with E-state index in [9.17, 15) is 0 Å². The van der Waals surface area contributed by atoms with Gasteiger partial charge in [-0.15, -0.1) is 0 Å². The fourth-order valence-corrected chi connectivity index (χ4v) is 2.75. The van der Waals surface area contributed by atoms with Crippen molar-refractivity contribution in [2.24, 2.45) is 23.7 Å². The highest BCUT2D eigenvalue weighted by atomic mass is 15.0. The fourth-order valence-electron chi connectivity index (χ4n) is 2.75. The first-order valence-corrected chi connectivity index (χ1v) is 8.94. The second kappa shape index (κ2) is 11.4. The number of hydrogen-bond donors (Lipinski definition) is 4. The van der Waals surface area contributed by atoms with E-state index in [0.717, 1.165) is 36.8 Å². The number of hydrogen-bond acceptors (Lipinski definition) is 4. The summed E-state index contributed by atoms with van der Waals surface area (Å²) in [4.78, 5) is 0. The Morgan fingerprint density at radius 2 is 0.905 bits per heavy atom. The largest absolute Gasteiger partial charge is 0.316 e. The molecule has 2 heterocycles. The van der Waals surface area contributed by atoms with Crippen LogP contribution < -0.4 is 21.3 Å². The minimum absolute atomic E-state index is 0.799. The molecular weight excluding hydrogens is 260 g/mol. The molecule has 2 rings (SSSR count). The topological polar surface area (TPSA) is 48.1 Å². The van der Waals surface area contributed by atoms with Gasteiger partial charge in [-0.05, 0) is 69.4 Å². The molecule has 0 aromatic rings. The van der Waals surface area contributed by atoms with Gasteiger partial charge in [0.25, 0.3) is 0 Å². The molecule has 126 valence electrons. The number of nitrogens with one attached hydrogen (secondary N) is 4. The molecular formula is C17H38N4. The Bertz CT molecular complexity index is 227. The van der Waals surface area contributed by atoms with E-state index in [4.69, 9.17) is 0 Å². The molecule has 2 aliphatic rings. The second-order valence-electron chi connectivity index (χ2n) is 7.18. The minimum atomic E-state index is 0.799. The summed E-state index contributed by atoms with van der Waals surface area (Å²) in [5.41, 5.74) is 0. The summed E-state index contributed by atoms with van der Waals surface area (Å²) in [7, 11) is 0. The van der Waals surface area contributed by atoms with Crippen LogP contribution >= 0.6 is 0 Å². The van der Waals surface area contributed by atoms with Gasteiger partial charge in [0.2, 0.25) is 0 Å². The molecule has 0 aromatic heterocycles. The van der Waals surface area contributed by atoms with Crippen LogP contribution in [0.3, 0.4) is 0 Å². The summed E-state index contributed by atoms with van der Waals surface area (Å²) in [6.45, 7) is 18.5. The third kappa shape index (κ3) is 8.77. The van der Waals surface area contributed by atoms with Gasteiger partial charge in [-0.2, -0.15) is 0 Å². The van der Waals surface area contributed by atoms with E-state index in [-0.39, 0.29) is 0 Å². The Morgan fingerprint density at radius 3 is 1.24 bits per heavy atom. The third-order valence-electron chi connectivity index (χ3n) is 4.70. The molecule has 4 heteroatoms. The molecule has 4 N–H and O–H groups in total. The van der Waals surface area contributed by atoms with Gasteiger partial charge in [-0.25, -0.2) is 0 Å². The van der Waals surface area contributed by atoms with Gasteiger partial charge < -0.3 is 21.3 Å². The summed E-state index contributed by atoms with van der Waals surface area (Å²) in [6, 6.07) is 0. The van der Waals surface area contributed by atoms with Gasteiger partial charge in [-0.1, -0.05) is 27.7 Å². The van der Waals surface area contributed by atoms with Crippen molar-refractivity contribution in [3.8, 4) is 0 Å². The molecule has 0 bridgehead atoms. The van der Waals surface area contributed by atoms with Gasteiger partial charge in [0, 0.05) is 13.1 Å². The van der Waals surface area contributed by atoms with E-state index in [2.05, 4.69) is 49.0 Å². The van der Waals surface area contributed by atoms with Crippen LogP contribution in [-0.2, 0) is 0 Å². The lowest BCUT2D eigenvalue weighted by atomic mass is 9.95. The highest BCUT2D eigenvalue weighted by Gasteiger charge is 2.14. The zero-order valence-electron chi connectivity index (χ0n) is 14.7. The molecule has 2 aliphatic heterocycles. The van der Waals surface area contributed by atoms with Gasteiger partial charge in [0.1, 0.15) is 0 Å². The van der Waals surface area contributed by atoms with E-state index in [0.29, 0.717) is 0 Å². The zero-order chi connectivity index (χ0) is 15.5. The second-order valence-corrected chi connectivity index (χ2v) is 7.18. The third-order valence-corrected chi connectivity index (χ3v) is 4.70. The number of rotatable bonds is 2. The summed E-state index contributed by atoms with van der Waals surface area (Å²) >= 11 is 0. The molecule has 0 spiro atoms. The smallest absolute Gasteiger partial charge is 0.00768 e. The van der Waals surface area contributed by atoms with Crippen LogP contribution in [-0.4, -0.2) is 52.4 Å². The van der Waals surface area contributed by atoms with Crippen molar-refractivity contribution < 1.29 is 0 Å². The van der Waals surface area contributed by atoms with Crippen molar-refractivity contribution in [2.45, 2.75) is 34.1 Å². The quantitative estimate of drug-likeness (QED) is 0.620. The molecule has 0 aromatic carbocycles. The van der Waals surface area contributed by atoms with E-state index >= 15 is 0 Å². The highest BCUT2D eigenvalue weighted by molar-refractivity contribution is 4.72. The zero-order valence-corrected chi connectivity index (χ0v) is 14.7. The first kappa shape index (κ1) is 18.9. The van der Waals surface area contributed by atoms with Crippen molar-refractivity contribution in [1.82, 2.24) is 21.3 Å². The summed E-state index contributed by atoms with van der Waals surface area (Å²) in [5, 5.41) is 13.8. The molecule has 0 aliphatic carbocycles. The molecule has 21 heavy (non-hydrogen) atoms. The maximum atomic E-state index is 3.48. The van der Waals surface area contributed by atoms with Gasteiger partial charge in [0.15, 0.2) is 0 Å². The lowest BCUT2D eigenvalue weighted by Gasteiger charge is -2.24. The highest BCUT2D eigenvalue weighted by Crippen LogP contribution is 2.09. The summed E-state index contributed by atoms with van der Waals surface area (Å²) in [6.07, 6.45) is 1.27. The van der Waals surface area contributed by atoms with Crippen molar-refractivity contribution in [3.63, 3.8) is 0 Å². The van der Waals surface area contributed by atoms with Crippen LogP contribution in [0.2, 0.25) is 0 Å². The molecule has 2 fully saturated rings. The van der Waals surface area contributed by atoms with Gasteiger partial charge in [-0.3, -0.25) is 0 Å². The van der Waals surface area contributed by atoms with E-state index in [1.165, 1.54) is 45.7 Å². The van der Waals surface area contributed by atoms with Crippen LogP contribution in [0.5, 0.6) is 0 Å². The molecule has 0 amide bonds. The minimum Gasteiger partial charge on any atom is -0.316 e. The van der Waals surface area contributed by atoms with Crippen LogP contribution in [0, 0.1) is 23.7 Å². The average Bonchev–Trinajstić information content (AvgIpc) is 2.67. The maximum absolute atomic E-state index is 3.48. The maximum Gasteiger partial charge on any atom is 0.00768 e. The average molecular weight is 299 g/mol. The molecule has 4 nitrogen and oxygen atoms in total. The van der Waals surface area contributed by atoms with Gasteiger partial charge >= 0.3 is 0 Å². The Kier molecular flexibility index (Phi) is 10.3. The van der Waals surface area contributed by atoms with Crippen LogP contribution in [0.15, 0.2) is 0 Å². The Labute approximate surface area is 132 Å². The molecule has 0 radical (unpaired) electrons. The molecule has 0 saturated carbocycles. The Hall–Kier alpha value is -0.160. The first-order chi connectivity index (χ1) is 10.1.